The normalized spacial score (nSPS) is 16.4. The number of carbonyl (C=O) groups excluding carboxylic acids is 1. The van der Waals surface area contributed by atoms with Crippen LogP contribution in [-0.4, -0.2) is 26.9 Å². The maximum Gasteiger partial charge on any atom is 0.327 e. The Morgan fingerprint density at radius 1 is 1.21 bits per heavy atom. The highest BCUT2D eigenvalue weighted by atomic mass is 16.2. The molecule has 144 valence electrons. The SMILES string of the molecule is Cc1cc(C(=O)N2c3ccccc3CC[C@@H]2C(C)C)nc2[nH]c(=O)[nH]c(=O)c12. The molecule has 7 nitrogen and oxygen atoms in total. The van der Waals surface area contributed by atoms with Crippen LogP contribution in [0.1, 0.15) is 41.9 Å². The van der Waals surface area contributed by atoms with Crippen molar-refractivity contribution in [3.63, 3.8) is 0 Å². The zero-order chi connectivity index (χ0) is 20.0. The molecule has 2 aromatic heterocycles. The lowest BCUT2D eigenvalue weighted by molar-refractivity contribution is 0.0960. The highest BCUT2D eigenvalue weighted by Gasteiger charge is 2.34. The molecular formula is C21H22N4O3. The van der Waals surface area contributed by atoms with Crippen LogP contribution in [0.25, 0.3) is 11.0 Å². The molecule has 1 aromatic carbocycles. The summed E-state index contributed by atoms with van der Waals surface area (Å²) in [6, 6.07) is 9.58. The predicted octanol–water partition coefficient (Wildman–Crippen LogP) is 2.54. The van der Waals surface area contributed by atoms with Gasteiger partial charge in [-0.25, -0.2) is 9.78 Å². The number of nitrogens with zero attached hydrogens (tertiary/aromatic N) is 2. The van der Waals surface area contributed by atoms with Gasteiger partial charge in [0.2, 0.25) is 0 Å². The zero-order valence-electron chi connectivity index (χ0n) is 16.1. The van der Waals surface area contributed by atoms with E-state index in [2.05, 4.69) is 28.8 Å². The number of anilines is 1. The van der Waals surface area contributed by atoms with Gasteiger partial charge in [0.25, 0.3) is 11.5 Å². The number of para-hydroxylation sites is 1. The predicted molar refractivity (Wildman–Crippen MR) is 108 cm³/mol. The number of aryl methyl sites for hydroxylation is 2. The fourth-order valence-electron chi connectivity index (χ4n) is 4.05. The average molecular weight is 378 g/mol. The van der Waals surface area contributed by atoms with Crippen molar-refractivity contribution in [3.05, 3.63) is 68.0 Å². The summed E-state index contributed by atoms with van der Waals surface area (Å²) in [7, 11) is 0. The molecule has 2 N–H and O–H groups in total. The van der Waals surface area contributed by atoms with E-state index in [0.717, 1.165) is 24.1 Å². The van der Waals surface area contributed by atoms with E-state index in [1.807, 2.05) is 29.2 Å². The van der Waals surface area contributed by atoms with Crippen molar-refractivity contribution >= 4 is 22.6 Å². The molecule has 0 radical (unpaired) electrons. The molecule has 0 fully saturated rings. The fraction of sp³-hybridized carbons (Fsp3) is 0.333. The number of hydrogen-bond donors (Lipinski definition) is 2. The molecule has 1 atom stereocenters. The third-order valence-electron chi connectivity index (χ3n) is 5.40. The number of amides is 1. The number of pyridine rings is 1. The standard InChI is InChI=1S/C21H22N4O3/c1-11(2)15-9-8-13-6-4-5-7-16(13)25(15)20(27)14-10-12(3)17-18(22-14)23-21(28)24-19(17)26/h4-7,10-11,15H,8-9H2,1-3H3,(H2,22,23,24,26,28)/t15-/m1/s1. The largest absolute Gasteiger partial charge is 0.327 e. The van der Waals surface area contributed by atoms with E-state index < -0.39 is 11.2 Å². The van der Waals surface area contributed by atoms with Crippen molar-refractivity contribution in [3.8, 4) is 0 Å². The summed E-state index contributed by atoms with van der Waals surface area (Å²) in [5.41, 5.74) is 1.82. The molecule has 0 saturated heterocycles. The first-order chi connectivity index (χ1) is 13.4. The van der Waals surface area contributed by atoms with Crippen LogP contribution in [0.4, 0.5) is 5.69 Å². The Balaban J connectivity index is 1.88. The van der Waals surface area contributed by atoms with Crippen LogP contribution >= 0.6 is 0 Å². The number of nitrogens with one attached hydrogen (secondary N) is 2. The van der Waals surface area contributed by atoms with Gasteiger partial charge in [0.1, 0.15) is 11.3 Å². The summed E-state index contributed by atoms with van der Waals surface area (Å²) in [5, 5.41) is 0.288. The Kier molecular flexibility index (Phi) is 4.37. The van der Waals surface area contributed by atoms with Crippen molar-refractivity contribution in [1.29, 1.82) is 0 Å². The molecule has 0 spiro atoms. The molecule has 0 aliphatic carbocycles. The second kappa shape index (κ2) is 6.74. The summed E-state index contributed by atoms with van der Waals surface area (Å²) in [6.45, 7) is 5.95. The molecule has 3 aromatic rings. The number of carbonyl (C=O) groups is 1. The van der Waals surface area contributed by atoms with Crippen LogP contribution in [0.5, 0.6) is 0 Å². The fourth-order valence-corrected chi connectivity index (χ4v) is 4.05. The van der Waals surface area contributed by atoms with Gasteiger partial charge in [0.05, 0.1) is 5.39 Å². The molecule has 1 aliphatic rings. The van der Waals surface area contributed by atoms with Gasteiger partial charge in [-0.2, -0.15) is 0 Å². The van der Waals surface area contributed by atoms with Crippen LogP contribution in [-0.2, 0) is 6.42 Å². The van der Waals surface area contributed by atoms with E-state index in [9.17, 15) is 14.4 Å². The van der Waals surface area contributed by atoms with Gasteiger partial charge in [0, 0.05) is 11.7 Å². The van der Waals surface area contributed by atoms with Crippen LogP contribution < -0.4 is 16.1 Å². The minimum atomic E-state index is -0.641. The number of rotatable bonds is 2. The smallest absolute Gasteiger partial charge is 0.303 e. The average Bonchev–Trinajstić information content (AvgIpc) is 2.65. The van der Waals surface area contributed by atoms with Gasteiger partial charge < -0.3 is 4.90 Å². The van der Waals surface area contributed by atoms with Gasteiger partial charge in [0.15, 0.2) is 0 Å². The number of benzene rings is 1. The molecule has 1 aliphatic heterocycles. The number of fused-ring (bicyclic) bond motifs is 2. The molecule has 28 heavy (non-hydrogen) atoms. The maximum atomic E-state index is 13.5. The monoisotopic (exact) mass is 378 g/mol. The van der Waals surface area contributed by atoms with Crippen molar-refractivity contribution in [2.24, 2.45) is 5.92 Å². The van der Waals surface area contributed by atoms with Crippen molar-refractivity contribution < 1.29 is 4.79 Å². The van der Waals surface area contributed by atoms with Gasteiger partial charge in [-0.3, -0.25) is 19.6 Å². The van der Waals surface area contributed by atoms with E-state index in [0.29, 0.717) is 5.56 Å². The van der Waals surface area contributed by atoms with Crippen LogP contribution in [0.15, 0.2) is 39.9 Å². The summed E-state index contributed by atoms with van der Waals surface area (Å²) in [4.78, 5) is 48.2. The molecule has 3 heterocycles. The summed E-state index contributed by atoms with van der Waals surface area (Å²) >= 11 is 0. The summed E-state index contributed by atoms with van der Waals surface area (Å²) in [6.07, 6.45) is 1.80. The highest BCUT2D eigenvalue weighted by Crippen LogP contribution is 2.34. The molecule has 0 unspecified atom stereocenters. The maximum absolute atomic E-state index is 13.5. The quantitative estimate of drug-likeness (QED) is 0.716. The Bertz CT molecular complexity index is 1190. The third kappa shape index (κ3) is 2.93. The minimum Gasteiger partial charge on any atom is -0.303 e. The van der Waals surface area contributed by atoms with Crippen LogP contribution in [0.3, 0.4) is 0 Å². The Morgan fingerprint density at radius 3 is 2.71 bits per heavy atom. The Morgan fingerprint density at radius 2 is 1.96 bits per heavy atom. The molecule has 0 saturated carbocycles. The minimum absolute atomic E-state index is 0.0541. The molecule has 7 heteroatoms. The first-order valence-electron chi connectivity index (χ1n) is 9.42. The van der Waals surface area contributed by atoms with Crippen molar-refractivity contribution in [2.75, 3.05) is 4.90 Å². The second-order valence-electron chi connectivity index (χ2n) is 7.61. The van der Waals surface area contributed by atoms with Crippen molar-refractivity contribution in [2.45, 2.75) is 39.7 Å². The van der Waals surface area contributed by atoms with Crippen LogP contribution in [0, 0.1) is 12.8 Å². The Labute approximate surface area is 161 Å². The van der Waals surface area contributed by atoms with E-state index in [1.165, 1.54) is 0 Å². The first kappa shape index (κ1) is 18.2. The number of aromatic amines is 2. The van der Waals surface area contributed by atoms with Gasteiger partial charge in [-0.15, -0.1) is 0 Å². The van der Waals surface area contributed by atoms with Gasteiger partial charge in [-0.05, 0) is 48.9 Å². The topological polar surface area (TPSA) is 98.9 Å². The van der Waals surface area contributed by atoms with E-state index in [-0.39, 0.29) is 34.6 Å². The zero-order valence-corrected chi connectivity index (χ0v) is 16.1. The van der Waals surface area contributed by atoms with Crippen LogP contribution in [0.2, 0.25) is 0 Å². The van der Waals surface area contributed by atoms with Crippen molar-refractivity contribution in [1.82, 2.24) is 15.0 Å². The first-order valence-corrected chi connectivity index (χ1v) is 9.42. The number of H-pyrrole nitrogens is 2. The summed E-state index contributed by atoms with van der Waals surface area (Å²) < 4.78 is 0. The van der Waals surface area contributed by atoms with Gasteiger partial charge >= 0.3 is 5.69 Å². The van der Waals surface area contributed by atoms with E-state index in [1.54, 1.807) is 13.0 Å². The van der Waals surface area contributed by atoms with E-state index >= 15 is 0 Å². The van der Waals surface area contributed by atoms with Gasteiger partial charge in [-0.1, -0.05) is 32.0 Å². The lowest BCUT2D eigenvalue weighted by Crippen LogP contribution is -2.47. The summed E-state index contributed by atoms with van der Waals surface area (Å²) in [5.74, 6) is 0.0542. The lowest BCUT2D eigenvalue weighted by atomic mass is 9.89. The van der Waals surface area contributed by atoms with E-state index in [4.69, 9.17) is 0 Å². The third-order valence-corrected chi connectivity index (χ3v) is 5.40. The number of hydrogen-bond acceptors (Lipinski definition) is 4. The molecular weight excluding hydrogens is 356 g/mol. The number of aromatic nitrogens is 3. The lowest BCUT2D eigenvalue weighted by Gasteiger charge is -2.39. The second-order valence-corrected chi connectivity index (χ2v) is 7.61. The molecule has 1 amide bonds. The molecule has 0 bridgehead atoms. The molecule has 4 rings (SSSR count). The highest BCUT2D eigenvalue weighted by molar-refractivity contribution is 6.07. The Hall–Kier alpha value is -3.22.